The van der Waals surface area contributed by atoms with E-state index in [1.165, 1.54) is 82.7 Å². The molecule has 0 aromatic heterocycles. The van der Waals surface area contributed by atoms with Crippen LogP contribution in [0.2, 0.25) is 0 Å². The van der Waals surface area contributed by atoms with Gasteiger partial charge in [-0.05, 0) is 159 Å². The zero-order valence-corrected chi connectivity index (χ0v) is 30.6. The van der Waals surface area contributed by atoms with Crippen molar-refractivity contribution in [3.05, 3.63) is 23.3 Å². The first kappa shape index (κ1) is 34.3. The number of fused-ring (bicyclic) bond motifs is 7. The van der Waals surface area contributed by atoms with E-state index in [1.54, 1.807) is 5.57 Å². The van der Waals surface area contributed by atoms with Gasteiger partial charge in [-0.3, -0.25) is 8.60 Å². The molecule has 0 bridgehead atoms. The summed E-state index contributed by atoms with van der Waals surface area (Å²) in [6, 6.07) is 0. The lowest BCUT2D eigenvalue weighted by Crippen LogP contribution is -2.64. The van der Waals surface area contributed by atoms with Gasteiger partial charge in [0.15, 0.2) is 0 Å². The number of halogens is 1. The van der Waals surface area contributed by atoms with Gasteiger partial charge in [0.2, 0.25) is 0 Å². The Balaban J connectivity index is 1.14. The van der Waals surface area contributed by atoms with Crippen LogP contribution in [0.15, 0.2) is 23.3 Å². The van der Waals surface area contributed by atoms with Gasteiger partial charge in [-0.2, -0.15) is 0 Å². The van der Waals surface area contributed by atoms with Gasteiger partial charge < -0.3 is 10.2 Å². The molecule has 6 aliphatic rings. The van der Waals surface area contributed by atoms with Gasteiger partial charge in [0, 0.05) is 41.9 Å². The molecular weight excluding hydrogens is 576 g/mol. The van der Waals surface area contributed by atoms with E-state index in [4.69, 9.17) is 0 Å². The van der Waals surface area contributed by atoms with Crippen molar-refractivity contribution in [1.82, 2.24) is 10.2 Å². The first-order chi connectivity index (χ1) is 21.6. The fourth-order valence-corrected chi connectivity index (χ4v) is 14.3. The highest BCUT2D eigenvalue weighted by Crippen LogP contribution is 2.76. The Morgan fingerprint density at radius 1 is 1.00 bits per heavy atom. The molecule has 5 fully saturated rings. The van der Waals surface area contributed by atoms with Crippen molar-refractivity contribution in [3.63, 3.8) is 0 Å². The molecule has 0 spiro atoms. The largest absolute Gasteiger partial charge is 0.316 e. The summed E-state index contributed by atoms with van der Waals surface area (Å²) in [4.78, 5) is 2.53. The van der Waals surface area contributed by atoms with Crippen molar-refractivity contribution < 1.29 is 8.60 Å². The minimum Gasteiger partial charge on any atom is -0.316 e. The fourth-order valence-electron chi connectivity index (χ4n) is 13.2. The predicted molar refractivity (Wildman–Crippen MR) is 190 cm³/mol. The number of nitrogens with zero attached hydrogens (tertiary/aromatic N) is 1. The van der Waals surface area contributed by atoms with Gasteiger partial charge in [0.05, 0.1) is 6.67 Å². The topological polar surface area (TPSA) is 32.3 Å². The first-order valence-corrected chi connectivity index (χ1v) is 20.8. The molecular formula is C40H67FN2OS. The maximum Gasteiger partial charge on any atom is 0.0897 e. The van der Waals surface area contributed by atoms with Gasteiger partial charge in [0.1, 0.15) is 0 Å². The molecule has 8 unspecified atom stereocenters. The number of hydrogen-bond donors (Lipinski definition) is 1. The lowest BCUT2D eigenvalue weighted by molar-refractivity contribution is -0.218. The lowest BCUT2D eigenvalue weighted by Gasteiger charge is -2.71. The van der Waals surface area contributed by atoms with Crippen molar-refractivity contribution in [1.29, 1.82) is 0 Å². The molecule has 0 aromatic rings. The Morgan fingerprint density at radius 2 is 1.80 bits per heavy atom. The second-order valence-electron chi connectivity index (χ2n) is 17.4. The zero-order valence-electron chi connectivity index (χ0n) is 29.7. The standard InChI is InChI=1S/C40H67FN2OS/c1-6-10-31(11-8-22-41)32-15-18-37(3)33(30(32)2)16-19-39(5)36(37)14-13-34-35-12-7-17-40(35,21-20-38(34,39)4)29-42-23-9-24-43-25-27-45(44)28-26-43/h10,15,30,33-36,42H,6-9,11-14,16-29H2,1-5H3/b31-10+/t30?,33?,34?,35?,36?,37?,38-,39?,40?/m1/s1. The SMILES string of the molecule is CC/C=C(\CCCF)C1=CCC2(C)C(CCC3(C)C2CCC2C4CCCC4(CNCCCN4CCS(=O)CC4)CC[C@]23C)C1C. The minimum absolute atomic E-state index is 0.202. The highest BCUT2D eigenvalue weighted by Gasteiger charge is 2.68. The van der Waals surface area contributed by atoms with E-state index in [0.29, 0.717) is 34.0 Å². The van der Waals surface area contributed by atoms with E-state index in [9.17, 15) is 8.60 Å². The molecule has 5 aliphatic carbocycles. The molecule has 45 heavy (non-hydrogen) atoms. The van der Waals surface area contributed by atoms with Crippen molar-refractivity contribution in [2.75, 3.05) is 50.9 Å². The summed E-state index contributed by atoms with van der Waals surface area (Å²) in [5, 5.41) is 4.00. The van der Waals surface area contributed by atoms with Crippen LogP contribution in [0.25, 0.3) is 0 Å². The highest BCUT2D eigenvalue weighted by atomic mass is 32.2. The number of alkyl halides is 1. The molecule has 6 rings (SSSR count). The molecule has 0 aromatic carbocycles. The van der Waals surface area contributed by atoms with Crippen molar-refractivity contribution >= 4 is 10.8 Å². The third-order valence-corrected chi connectivity index (χ3v) is 17.0. The maximum absolute atomic E-state index is 13.2. The smallest absolute Gasteiger partial charge is 0.0897 e. The van der Waals surface area contributed by atoms with Gasteiger partial charge in [-0.25, -0.2) is 0 Å². The second-order valence-corrected chi connectivity index (χ2v) is 19.1. The third-order valence-electron chi connectivity index (χ3n) is 15.7. The fraction of sp³-hybridized carbons (Fsp3) is 0.900. The number of hydrogen-bond acceptors (Lipinski definition) is 3. The Kier molecular flexibility index (Phi) is 10.5. The van der Waals surface area contributed by atoms with Crippen molar-refractivity contribution in [2.24, 2.45) is 51.2 Å². The number of nitrogens with one attached hydrogen (secondary N) is 1. The molecule has 0 amide bonds. The van der Waals surface area contributed by atoms with Gasteiger partial charge in [-0.1, -0.05) is 53.2 Å². The molecule has 1 aliphatic heterocycles. The first-order valence-electron chi connectivity index (χ1n) is 19.4. The molecule has 256 valence electrons. The Labute approximate surface area is 278 Å². The molecule has 1 heterocycles. The zero-order chi connectivity index (χ0) is 31.9. The maximum atomic E-state index is 13.2. The Hall–Kier alpha value is -0.520. The predicted octanol–water partition coefficient (Wildman–Crippen LogP) is 9.12. The van der Waals surface area contributed by atoms with E-state index in [0.717, 1.165) is 74.2 Å². The molecule has 1 N–H and O–H groups in total. The van der Waals surface area contributed by atoms with Crippen molar-refractivity contribution in [3.8, 4) is 0 Å². The monoisotopic (exact) mass is 642 g/mol. The Morgan fingerprint density at radius 3 is 2.56 bits per heavy atom. The normalized spacial score (nSPS) is 44.1. The van der Waals surface area contributed by atoms with Crippen LogP contribution < -0.4 is 5.32 Å². The molecule has 4 saturated carbocycles. The Bertz CT molecular complexity index is 1130. The third kappa shape index (κ3) is 6.02. The second kappa shape index (κ2) is 13.8. The van der Waals surface area contributed by atoms with Crippen LogP contribution in [0.4, 0.5) is 4.39 Å². The molecule has 3 nitrogen and oxygen atoms in total. The summed E-state index contributed by atoms with van der Waals surface area (Å²) in [7, 11) is -0.574. The molecule has 1 saturated heterocycles. The minimum atomic E-state index is -0.574. The highest BCUT2D eigenvalue weighted by molar-refractivity contribution is 7.85. The summed E-state index contributed by atoms with van der Waals surface area (Å²) in [5.41, 5.74) is 4.83. The average Bonchev–Trinajstić information content (AvgIpc) is 3.45. The van der Waals surface area contributed by atoms with E-state index in [-0.39, 0.29) is 6.67 Å². The molecule has 0 radical (unpaired) electrons. The van der Waals surface area contributed by atoms with Crippen LogP contribution >= 0.6 is 0 Å². The van der Waals surface area contributed by atoms with Gasteiger partial charge in [-0.15, -0.1) is 0 Å². The van der Waals surface area contributed by atoms with Crippen LogP contribution in [0.1, 0.15) is 125 Å². The van der Waals surface area contributed by atoms with Crippen LogP contribution in [-0.4, -0.2) is 60.0 Å². The summed E-state index contributed by atoms with van der Waals surface area (Å²) >= 11 is 0. The van der Waals surface area contributed by atoms with Gasteiger partial charge in [0.25, 0.3) is 0 Å². The van der Waals surface area contributed by atoms with Crippen LogP contribution in [-0.2, 0) is 10.8 Å². The summed E-state index contributed by atoms with van der Waals surface area (Å²) in [6.07, 6.45) is 23.0. The van der Waals surface area contributed by atoms with Crippen LogP contribution in [0.3, 0.4) is 0 Å². The van der Waals surface area contributed by atoms with E-state index in [2.05, 4.69) is 57.0 Å². The van der Waals surface area contributed by atoms with E-state index >= 15 is 0 Å². The lowest BCUT2D eigenvalue weighted by atomic mass is 9.33. The summed E-state index contributed by atoms with van der Waals surface area (Å²) < 4.78 is 24.9. The molecule has 9 atom stereocenters. The summed E-state index contributed by atoms with van der Waals surface area (Å²) in [5.74, 6) is 5.69. The molecule has 5 heteroatoms. The quantitative estimate of drug-likeness (QED) is 0.228. The number of rotatable bonds is 11. The van der Waals surface area contributed by atoms with Crippen molar-refractivity contribution in [2.45, 2.75) is 125 Å². The summed E-state index contributed by atoms with van der Waals surface area (Å²) in [6.45, 7) is 18.4. The van der Waals surface area contributed by atoms with Crippen LogP contribution in [0.5, 0.6) is 0 Å². The van der Waals surface area contributed by atoms with Crippen LogP contribution in [0, 0.1) is 51.2 Å². The van der Waals surface area contributed by atoms with E-state index < -0.39 is 10.8 Å². The van der Waals surface area contributed by atoms with Gasteiger partial charge >= 0.3 is 0 Å². The average molecular weight is 643 g/mol. The number of allylic oxidation sites excluding steroid dienone is 4. The van der Waals surface area contributed by atoms with E-state index in [1.807, 2.05) is 0 Å².